The Morgan fingerprint density at radius 3 is 2.44 bits per heavy atom. The summed E-state index contributed by atoms with van der Waals surface area (Å²) in [5.41, 5.74) is 3.56. The largest absolute Gasteiger partial charge is 0.422 e. The van der Waals surface area contributed by atoms with Crippen LogP contribution in [0.2, 0.25) is 10.0 Å². The lowest BCUT2D eigenvalue weighted by Gasteiger charge is -2.08. The standard InChI is InChI=1S/C22H15Cl2N3O5/c1-13-2-4-14(5-3-13)22(29)32-20-9-7-17(27(30)31)10-15(20)12-25-26-21(28)18-8-6-16(23)11-19(18)24/h2-12H,1H3,(H,26,28)/b25-12+. The number of amides is 1. The number of nitro benzene ring substituents is 1. The van der Waals surface area contributed by atoms with Crippen molar-refractivity contribution in [3.05, 3.63) is 103 Å². The Balaban J connectivity index is 1.82. The number of esters is 1. The van der Waals surface area contributed by atoms with Crippen LogP contribution in [0.4, 0.5) is 5.69 Å². The molecule has 3 rings (SSSR count). The molecule has 0 spiro atoms. The molecule has 0 aliphatic carbocycles. The molecule has 0 saturated carbocycles. The number of halogens is 2. The average molecular weight is 472 g/mol. The summed E-state index contributed by atoms with van der Waals surface area (Å²) in [6, 6.07) is 14.7. The first-order chi connectivity index (χ1) is 15.2. The number of rotatable bonds is 6. The van der Waals surface area contributed by atoms with E-state index in [1.54, 1.807) is 24.3 Å². The molecule has 0 aliphatic rings. The lowest BCUT2D eigenvalue weighted by Crippen LogP contribution is -2.18. The third-order valence-corrected chi connectivity index (χ3v) is 4.79. The second-order valence-corrected chi connectivity index (χ2v) is 7.40. The van der Waals surface area contributed by atoms with Crippen LogP contribution in [-0.4, -0.2) is 23.0 Å². The Morgan fingerprint density at radius 1 is 1.06 bits per heavy atom. The third-order valence-electron chi connectivity index (χ3n) is 4.24. The molecule has 0 aliphatic heterocycles. The SMILES string of the molecule is Cc1ccc(C(=O)Oc2ccc([N+](=O)[O-])cc2/C=N/NC(=O)c2ccc(Cl)cc2Cl)cc1. The molecular formula is C22H15Cl2N3O5. The molecule has 162 valence electrons. The highest BCUT2D eigenvalue weighted by atomic mass is 35.5. The second-order valence-electron chi connectivity index (χ2n) is 6.56. The Hall–Kier alpha value is -3.75. The van der Waals surface area contributed by atoms with E-state index in [1.165, 1.54) is 36.4 Å². The predicted octanol–water partition coefficient (Wildman–Crippen LogP) is 5.19. The van der Waals surface area contributed by atoms with Gasteiger partial charge >= 0.3 is 5.97 Å². The van der Waals surface area contributed by atoms with Crippen molar-refractivity contribution < 1.29 is 19.2 Å². The van der Waals surface area contributed by atoms with Crippen molar-refractivity contribution in [1.29, 1.82) is 0 Å². The highest BCUT2D eigenvalue weighted by Crippen LogP contribution is 2.24. The molecule has 0 bridgehead atoms. The predicted molar refractivity (Wildman–Crippen MR) is 121 cm³/mol. The van der Waals surface area contributed by atoms with E-state index in [2.05, 4.69) is 10.5 Å². The van der Waals surface area contributed by atoms with Gasteiger partial charge in [0.15, 0.2) is 0 Å². The first kappa shape index (κ1) is 22.9. The zero-order valence-corrected chi connectivity index (χ0v) is 18.1. The Labute approximate surface area is 192 Å². The molecule has 8 nitrogen and oxygen atoms in total. The van der Waals surface area contributed by atoms with E-state index >= 15 is 0 Å². The average Bonchev–Trinajstić information content (AvgIpc) is 2.75. The summed E-state index contributed by atoms with van der Waals surface area (Å²) in [4.78, 5) is 35.2. The molecule has 1 N–H and O–H groups in total. The smallest absolute Gasteiger partial charge is 0.343 e. The fraction of sp³-hybridized carbons (Fsp3) is 0.0455. The Kier molecular flexibility index (Phi) is 7.19. The summed E-state index contributed by atoms with van der Waals surface area (Å²) in [6.07, 6.45) is 1.13. The van der Waals surface area contributed by atoms with Crippen LogP contribution in [0.25, 0.3) is 0 Å². The second kappa shape index (κ2) is 10.0. The molecule has 0 fully saturated rings. The van der Waals surface area contributed by atoms with Gasteiger partial charge in [-0.3, -0.25) is 14.9 Å². The fourth-order valence-corrected chi connectivity index (χ4v) is 3.08. The Morgan fingerprint density at radius 2 is 1.78 bits per heavy atom. The number of nitrogens with one attached hydrogen (secondary N) is 1. The quantitative estimate of drug-likeness (QED) is 0.174. The summed E-state index contributed by atoms with van der Waals surface area (Å²) in [7, 11) is 0. The molecule has 3 aromatic rings. The van der Waals surface area contributed by atoms with Gasteiger partial charge in [0.25, 0.3) is 11.6 Å². The minimum absolute atomic E-state index is 0.0312. The van der Waals surface area contributed by atoms with E-state index in [0.717, 1.165) is 11.8 Å². The molecule has 0 heterocycles. The van der Waals surface area contributed by atoms with Gasteiger partial charge in [-0.25, -0.2) is 10.2 Å². The van der Waals surface area contributed by atoms with Gasteiger partial charge in [0, 0.05) is 22.7 Å². The molecule has 10 heteroatoms. The van der Waals surface area contributed by atoms with Crippen LogP contribution in [-0.2, 0) is 0 Å². The van der Waals surface area contributed by atoms with Gasteiger partial charge in [0.2, 0.25) is 0 Å². The summed E-state index contributed by atoms with van der Waals surface area (Å²) >= 11 is 11.8. The number of carbonyl (C=O) groups excluding carboxylic acids is 2. The van der Waals surface area contributed by atoms with Gasteiger partial charge < -0.3 is 4.74 Å². The van der Waals surface area contributed by atoms with Gasteiger partial charge in [0.1, 0.15) is 5.75 Å². The zero-order valence-electron chi connectivity index (χ0n) is 16.5. The van der Waals surface area contributed by atoms with Crippen LogP contribution in [0.3, 0.4) is 0 Å². The van der Waals surface area contributed by atoms with Gasteiger partial charge in [-0.15, -0.1) is 0 Å². The molecule has 32 heavy (non-hydrogen) atoms. The molecule has 0 radical (unpaired) electrons. The first-order valence-corrected chi connectivity index (χ1v) is 9.86. The van der Waals surface area contributed by atoms with Crippen molar-refractivity contribution in [1.82, 2.24) is 5.43 Å². The van der Waals surface area contributed by atoms with Crippen LogP contribution in [0.5, 0.6) is 5.75 Å². The number of hydrogen-bond donors (Lipinski definition) is 1. The van der Waals surface area contributed by atoms with E-state index in [4.69, 9.17) is 27.9 Å². The first-order valence-electron chi connectivity index (χ1n) is 9.10. The number of ether oxygens (including phenoxy) is 1. The zero-order chi connectivity index (χ0) is 23.3. The molecular weight excluding hydrogens is 457 g/mol. The number of carbonyl (C=O) groups is 2. The molecule has 1 amide bonds. The van der Waals surface area contributed by atoms with E-state index in [1.807, 2.05) is 6.92 Å². The lowest BCUT2D eigenvalue weighted by molar-refractivity contribution is -0.384. The van der Waals surface area contributed by atoms with Crippen molar-refractivity contribution in [2.75, 3.05) is 0 Å². The maximum atomic E-state index is 12.4. The van der Waals surface area contributed by atoms with Crippen molar-refractivity contribution >= 4 is 47.0 Å². The lowest BCUT2D eigenvalue weighted by atomic mass is 10.1. The minimum atomic E-state index is -0.648. The highest BCUT2D eigenvalue weighted by molar-refractivity contribution is 6.36. The Bertz CT molecular complexity index is 1230. The van der Waals surface area contributed by atoms with Crippen LogP contribution < -0.4 is 10.2 Å². The maximum Gasteiger partial charge on any atom is 0.343 e. The van der Waals surface area contributed by atoms with E-state index in [-0.39, 0.29) is 27.6 Å². The third kappa shape index (κ3) is 5.69. The van der Waals surface area contributed by atoms with E-state index in [9.17, 15) is 19.7 Å². The topological polar surface area (TPSA) is 111 Å². The molecule has 0 atom stereocenters. The minimum Gasteiger partial charge on any atom is -0.422 e. The summed E-state index contributed by atoms with van der Waals surface area (Å²) in [5.74, 6) is -1.24. The van der Waals surface area contributed by atoms with Crippen LogP contribution in [0, 0.1) is 17.0 Å². The van der Waals surface area contributed by atoms with Crippen molar-refractivity contribution in [3.8, 4) is 5.75 Å². The summed E-state index contributed by atoms with van der Waals surface area (Å²) in [6.45, 7) is 1.88. The van der Waals surface area contributed by atoms with Gasteiger partial charge in [0.05, 0.1) is 27.3 Å². The molecule has 0 aromatic heterocycles. The number of aryl methyl sites for hydroxylation is 1. The monoisotopic (exact) mass is 471 g/mol. The van der Waals surface area contributed by atoms with Crippen LogP contribution in [0.1, 0.15) is 31.8 Å². The number of benzene rings is 3. The maximum absolute atomic E-state index is 12.4. The normalized spacial score (nSPS) is 10.7. The van der Waals surface area contributed by atoms with Gasteiger partial charge in [-0.05, 0) is 43.3 Å². The molecule has 3 aromatic carbocycles. The van der Waals surface area contributed by atoms with Crippen molar-refractivity contribution in [2.45, 2.75) is 6.92 Å². The fourth-order valence-electron chi connectivity index (χ4n) is 2.59. The number of hydrogen-bond acceptors (Lipinski definition) is 6. The summed E-state index contributed by atoms with van der Waals surface area (Å²) < 4.78 is 5.38. The van der Waals surface area contributed by atoms with Crippen molar-refractivity contribution in [3.63, 3.8) is 0 Å². The number of non-ortho nitro benzene ring substituents is 1. The number of hydrazone groups is 1. The van der Waals surface area contributed by atoms with E-state index in [0.29, 0.717) is 10.6 Å². The number of nitro groups is 1. The van der Waals surface area contributed by atoms with Gasteiger partial charge in [-0.1, -0.05) is 40.9 Å². The molecule has 0 saturated heterocycles. The van der Waals surface area contributed by atoms with E-state index < -0.39 is 16.8 Å². The summed E-state index contributed by atoms with van der Waals surface area (Å²) in [5, 5.41) is 15.4. The highest BCUT2D eigenvalue weighted by Gasteiger charge is 2.15. The molecule has 0 unspecified atom stereocenters. The van der Waals surface area contributed by atoms with Gasteiger partial charge in [-0.2, -0.15) is 5.10 Å². The van der Waals surface area contributed by atoms with Crippen LogP contribution in [0.15, 0.2) is 65.8 Å². The van der Waals surface area contributed by atoms with Crippen molar-refractivity contribution in [2.24, 2.45) is 5.10 Å². The number of nitrogens with zero attached hydrogens (tertiary/aromatic N) is 2. The van der Waals surface area contributed by atoms with Crippen LogP contribution >= 0.6 is 23.2 Å².